The number of nitrogens with zero attached hydrogens (tertiary/aromatic N) is 3. The summed E-state index contributed by atoms with van der Waals surface area (Å²) >= 11 is 0. The third-order valence-corrected chi connectivity index (χ3v) is 5.17. The average Bonchev–Trinajstić information content (AvgIpc) is 2.71. The van der Waals surface area contributed by atoms with Gasteiger partial charge in [0.15, 0.2) is 0 Å². The minimum Gasteiger partial charge on any atom is -0.365 e. The van der Waals surface area contributed by atoms with E-state index in [9.17, 15) is 13.6 Å². The van der Waals surface area contributed by atoms with Crippen LogP contribution in [0.5, 0.6) is 0 Å². The number of amides is 1. The van der Waals surface area contributed by atoms with Crippen molar-refractivity contribution in [3.05, 3.63) is 48.3 Å². The molecule has 10 heteroatoms. The first-order valence-corrected chi connectivity index (χ1v) is 9.52. The summed E-state index contributed by atoms with van der Waals surface area (Å²) in [6.07, 6.45) is 3.41. The second kappa shape index (κ2) is 7.79. The lowest BCUT2D eigenvalue weighted by molar-refractivity contribution is -0.0555. The van der Waals surface area contributed by atoms with E-state index in [-0.39, 0.29) is 23.8 Å². The standard InChI is InChI=1S/C20H21F2N7O/c21-20(22)7-3-6-15(16(20)23)28-19-26-10-13(17(24)30)18(29-19)27-12-8-11-4-1-2-5-14(11)25-9-12/h1-2,4-5,8-10,15-16H,3,6-7,23H2,(H2,24,30)(H2,26,27,28,29)/t15-,16-/m1/s1. The monoisotopic (exact) mass is 413 g/mol. The van der Waals surface area contributed by atoms with Crippen molar-refractivity contribution >= 4 is 34.3 Å². The summed E-state index contributed by atoms with van der Waals surface area (Å²) in [7, 11) is 0. The number of nitrogens with two attached hydrogens (primary N) is 2. The minimum absolute atomic E-state index is 0.0620. The molecule has 6 N–H and O–H groups in total. The Balaban J connectivity index is 1.62. The van der Waals surface area contributed by atoms with Gasteiger partial charge in [-0.05, 0) is 25.0 Å². The highest BCUT2D eigenvalue weighted by Gasteiger charge is 2.44. The average molecular weight is 413 g/mol. The van der Waals surface area contributed by atoms with E-state index in [1.807, 2.05) is 30.3 Å². The molecular weight excluding hydrogens is 392 g/mol. The lowest BCUT2D eigenvalue weighted by Crippen LogP contribution is -2.55. The van der Waals surface area contributed by atoms with Crippen molar-refractivity contribution in [2.45, 2.75) is 37.3 Å². The molecule has 2 aromatic heterocycles. The highest BCUT2D eigenvalue weighted by molar-refractivity contribution is 5.98. The van der Waals surface area contributed by atoms with Crippen LogP contribution in [0, 0.1) is 0 Å². The van der Waals surface area contributed by atoms with Crippen LogP contribution in [-0.4, -0.2) is 38.9 Å². The van der Waals surface area contributed by atoms with Crippen molar-refractivity contribution in [3.8, 4) is 0 Å². The number of aromatic nitrogens is 3. The van der Waals surface area contributed by atoms with Gasteiger partial charge >= 0.3 is 0 Å². The van der Waals surface area contributed by atoms with Gasteiger partial charge in [0.05, 0.1) is 29.5 Å². The fraction of sp³-hybridized carbons (Fsp3) is 0.300. The fourth-order valence-electron chi connectivity index (χ4n) is 3.53. The van der Waals surface area contributed by atoms with Crippen LogP contribution in [0.4, 0.5) is 26.2 Å². The number of alkyl halides is 2. The molecule has 1 amide bonds. The predicted molar refractivity (Wildman–Crippen MR) is 110 cm³/mol. The molecule has 4 rings (SSSR count). The smallest absolute Gasteiger partial charge is 0.264 e. The quantitative estimate of drug-likeness (QED) is 0.506. The zero-order valence-electron chi connectivity index (χ0n) is 16.0. The number of halogens is 2. The lowest BCUT2D eigenvalue weighted by atomic mass is 9.87. The number of hydrogen-bond donors (Lipinski definition) is 4. The summed E-state index contributed by atoms with van der Waals surface area (Å²) in [5, 5.41) is 6.78. The van der Waals surface area contributed by atoms with E-state index >= 15 is 0 Å². The fourth-order valence-corrected chi connectivity index (χ4v) is 3.53. The summed E-state index contributed by atoms with van der Waals surface area (Å²) < 4.78 is 27.9. The van der Waals surface area contributed by atoms with E-state index in [0.717, 1.165) is 10.9 Å². The summed E-state index contributed by atoms with van der Waals surface area (Å²) in [4.78, 5) is 24.5. The molecule has 1 aromatic carbocycles. The van der Waals surface area contributed by atoms with Crippen molar-refractivity contribution in [3.63, 3.8) is 0 Å². The van der Waals surface area contributed by atoms with Gasteiger partial charge in [0, 0.05) is 18.0 Å². The van der Waals surface area contributed by atoms with Crippen LogP contribution in [0.15, 0.2) is 42.7 Å². The predicted octanol–water partition coefficient (Wildman–Crippen LogP) is 2.79. The minimum atomic E-state index is -2.96. The molecule has 156 valence electrons. The topological polar surface area (TPSA) is 132 Å². The molecule has 3 aromatic rings. The second-order valence-corrected chi connectivity index (χ2v) is 7.29. The van der Waals surface area contributed by atoms with Crippen LogP contribution >= 0.6 is 0 Å². The molecule has 30 heavy (non-hydrogen) atoms. The zero-order chi connectivity index (χ0) is 21.3. The summed E-state index contributed by atoms with van der Waals surface area (Å²) in [6.45, 7) is 0. The first-order valence-electron chi connectivity index (χ1n) is 9.52. The van der Waals surface area contributed by atoms with Crippen molar-refractivity contribution < 1.29 is 13.6 Å². The Kier molecular flexibility index (Phi) is 5.17. The molecule has 0 spiro atoms. The Labute approximate surface area is 171 Å². The molecule has 0 saturated heterocycles. The molecule has 0 unspecified atom stereocenters. The number of rotatable bonds is 5. The highest BCUT2D eigenvalue weighted by atomic mass is 19.3. The van der Waals surface area contributed by atoms with Crippen LogP contribution in [0.3, 0.4) is 0 Å². The molecule has 2 heterocycles. The summed E-state index contributed by atoms with van der Waals surface area (Å²) in [6, 6.07) is 7.35. The SMILES string of the molecule is NC(=O)c1cnc(N[C@@H]2CCCC(F)(F)[C@@H]2N)nc1Nc1cnc2ccccc2c1. The lowest BCUT2D eigenvalue weighted by Gasteiger charge is -2.35. The van der Waals surface area contributed by atoms with Gasteiger partial charge in [0.25, 0.3) is 11.8 Å². The van der Waals surface area contributed by atoms with Crippen LogP contribution in [0.25, 0.3) is 10.9 Å². The largest absolute Gasteiger partial charge is 0.365 e. The zero-order valence-corrected chi connectivity index (χ0v) is 16.0. The number of fused-ring (bicyclic) bond motifs is 1. The number of nitrogens with one attached hydrogen (secondary N) is 2. The Morgan fingerprint density at radius 2 is 2.00 bits per heavy atom. The summed E-state index contributed by atoms with van der Waals surface area (Å²) in [5.41, 5.74) is 12.6. The van der Waals surface area contributed by atoms with Crippen molar-refractivity contribution in [2.75, 3.05) is 10.6 Å². The van der Waals surface area contributed by atoms with E-state index in [1.54, 1.807) is 6.20 Å². The first kappa shape index (κ1) is 19.9. The third-order valence-electron chi connectivity index (χ3n) is 5.17. The van der Waals surface area contributed by atoms with Gasteiger partial charge in [-0.1, -0.05) is 18.2 Å². The van der Waals surface area contributed by atoms with Gasteiger partial charge in [-0.15, -0.1) is 0 Å². The van der Waals surface area contributed by atoms with Crippen molar-refractivity contribution in [1.82, 2.24) is 15.0 Å². The Morgan fingerprint density at radius 3 is 2.80 bits per heavy atom. The van der Waals surface area contributed by atoms with Gasteiger partial charge in [-0.3, -0.25) is 9.78 Å². The van der Waals surface area contributed by atoms with E-state index in [0.29, 0.717) is 18.5 Å². The maximum Gasteiger partial charge on any atom is 0.264 e. The maximum absolute atomic E-state index is 13.9. The normalized spacial score (nSPS) is 20.6. The molecule has 1 saturated carbocycles. The molecule has 2 atom stereocenters. The van der Waals surface area contributed by atoms with E-state index < -0.39 is 23.9 Å². The molecule has 1 aliphatic carbocycles. The van der Waals surface area contributed by atoms with Crippen LogP contribution in [-0.2, 0) is 0 Å². The third kappa shape index (κ3) is 3.99. The van der Waals surface area contributed by atoms with Gasteiger partial charge in [0.1, 0.15) is 11.4 Å². The number of hydrogen-bond acceptors (Lipinski definition) is 7. The Morgan fingerprint density at radius 1 is 1.20 bits per heavy atom. The van der Waals surface area contributed by atoms with Gasteiger partial charge < -0.3 is 22.1 Å². The number of anilines is 3. The Bertz CT molecular complexity index is 1090. The molecule has 0 bridgehead atoms. The highest BCUT2D eigenvalue weighted by Crippen LogP contribution is 2.33. The van der Waals surface area contributed by atoms with Gasteiger partial charge in [-0.25, -0.2) is 13.8 Å². The maximum atomic E-state index is 13.9. The van der Waals surface area contributed by atoms with Crippen molar-refractivity contribution in [2.24, 2.45) is 11.5 Å². The second-order valence-electron chi connectivity index (χ2n) is 7.29. The molecule has 0 aliphatic heterocycles. The van der Waals surface area contributed by atoms with Crippen molar-refractivity contribution in [1.29, 1.82) is 0 Å². The molecular formula is C20H21F2N7O. The molecule has 0 radical (unpaired) electrons. The molecule has 1 fully saturated rings. The van der Waals surface area contributed by atoms with E-state index in [1.165, 1.54) is 6.20 Å². The number of pyridine rings is 1. The van der Waals surface area contributed by atoms with E-state index in [2.05, 4.69) is 25.6 Å². The number of primary amides is 1. The van der Waals surface area contributed by atoms with Gasteiger partial charge in [0.2, 0.25) is 5.95 Å². The van der Waals surface area contributed by atoms with Gasteiger partial charge in [-0.2, -0.15) is 4.98 Å². The number of carbonyl (C=O) groups excluding carboxylic acids is 1. The number of para-hydroxylation sites is 1. The van der Waals surface area contributed by atoms with Crippen LogP contribution in [0.2, 0.25) is 0 Å². The summed E-state index contributed by atoms with van der Waals surface area (Å²) in [5.74, 6) is -3.46. The number of benzene rings is 1. The molecule has 8 nitrogen and oxygen atoms in total. The van der Waals surface area contributed by atoms with E-state index in [4.69, 9.17) is 11.5 Å². The van der Waals surface area contributed by atoms with Crippen LogP contribution in [0.1, 0.15) is 29.6 Å². The Hall–Kier alpha value is -3.40. The molecule has 1 aliphatic rings. The number of carbonyl (C=O) groups is 1. The first-order chi connectivity index (χ1) is 14.3. The van der Waals surface area contributed by atoms with Crippen LogP contribution < -0.4 is 22.1 Å².